The van der Waals surface area contributed by atoms with Gasteiger partial charge in [-0.1, -0.05) is 0 Å². The number of aliphatic carboxylic acids is 3. The van der Waals surface area contributed by atoms with Gasteiger partial charge in [-0.15, -0.1) is 0 Å². The highest BCUT2D eigenvalue weighted by molar-refractivity contribution is 7.99. The molecule has 0 fully saturated rings. The Morgan fingerprint density at radius 2 is 1.55 bits per heavy atom. The summed E-state index contributed by atoms with van der Waals surface area (Å²) in [7, 11) is 0. The number of nitrogens with two attached hydrogens (primary N) is 1. The molecule has 0 aromatic carbocycles. The highest BCUT2D eigenvalue weighted by Gasteiger charge is 2.24. The third kappa shape index (κ3) is 12.5. The fraction of sp³-hybridized carbons (Fsp3) is 0.571. The predicted molar refractivity (Wildman–Crippen MR) is 101 cm³/mol. The van der Waals surface area contributed by atoms with Gasteiger partial charge in [0, 0.05) is 17.9 Å². The first-order valence-electron chi connectivity index (χ1n) is 7.97. The highest BCUT2D eigenvalue weighted by Crippen LogP contribution is 2.07. The molecule has 0 radical (unpaired) electrons. The number of thioether (sulfide) groups is 1. The molecule has 29 heavy (non-hydrogen) atoms. The largest absolute Gasteiger partial charge is 0.480 e. The smallest absolute Gasteiger partial charge is 0.326 e. The molecule has 0 aliphatic rings. The lowest BCUT2D eigenvalue weighted by Gasteiger charge is -2.19. The van der Waals surface area contributed by atoms with Crippen molar-refractivity contribution in [1.29, 1.82) is 0 Å². The fourth-order valence-corrected chi connectivity index (χ4v) is 2.92. The van der Waals surface area contributed by atoms with Gasteiger partial charge in [0.15, 0.2) is 0 Å². The van der Waals surface area contributed by atoms with Gasteiger partial charge < -0.3 is 37.0 Å². The van der Waals surface area contributed by atoms with Crippen LogP contribution in [0.3, 0.4) is 0 Å². The third-order valence-corrected chi connectivity index (χ3v) is 4.48. The lowest BCUT2D eigenvalue weighted by Crippen LogP contribution is -2.50. The van der Waals surface area contributed by atoms with Gasteiger partial charge in [0.2, 0.25) is 11.8 Å². The van der Waals surface area contributed by atoms with Crippen LogP contribution in [0.2, 0.25) is 0 Å². The summed E-state index contributed by atoms with van der Waals surface area (Å²) in [6, 6.07) is -3.85. The molecule has 0 spiro atoms. The average molecular weight is 457 g/mol. The maximum atomic E-state index is 12.1. The minimum Gasteiger partial charge on any atom is -0.480 e. The summed E-state index contributed by atoms with van der Waals surface area (Å²) >= 11 is 6.00. The van der Waals surface area contributed by atoms with Gasteiger partial charge >= 0.3 is 23.3 Å². The zero-order valence-corrected chi connectivity index (χ0v) is 16.5. The van der Waals surface area contributed by atoms with E-state index in [0.29, 0.717) is 0 Å². The molecule has 164 valence electrons. The van der Waals surface area contributed by atoms with Crippen molar-refractivity contribution in [2.45, 2.75) is 31.0 Å². The maximum Gasteiger partial charge on any atom is 0.326 e. The summed E-state index contributed by atoms with van der Waals surface area (Å²) in [5.74, 6) is -5.75. The van der Waals surface area contributed by atoms with E-state index in [9.17, 15) is 28.8 Å². The van der Waals surface area contributed by atoms with E-state index in [1.54, 1.807) is 0 Å². The lowest BCUT2D eigenvalue weighted by atomic mass is 10.1. The first-order chi connectivity index (χ1) is 13.4. The van der Waals surface area contributed by atoms with E-state index in [4.69, 9.17) is 32.7 Å². The van der Waals surface area contributed by atoms with E-state index < -0.39 is 66.2 Å². The van der Waals surface area contributed by atoms with Crippen molar-refractivity contribution in [3.05, 3.63) is 0 Å². The van der Waals surface area contributed by atoms with Crippen molar-refractivity contribution in [3.8, 4) is 0 Å². The van der Waals surface area contributed by atoms with E-state index in [2.05, 4.69) is 10.6 Å². The first-order valence-corrected chi connectivity index (χ1v) is 9.51. The molecule has 3 amide bonds. The minimum absolute atomic E-state index is 0.0727. The summed E-state index contributed by atoms with van der Waals surface area (Å²) in [6.45, 7) is -0.701. The molecular weight excluding hydrogens is 436 g/mol. The average Bonchev–Trinajstić information content (AvgIpc) is 2.61. The van der Waals surface area contributed by atoms with Crippen LogP contribution in [0.4, 0.5) is 4.79 Å². The highest BCUT2D eigenvalue weighted by atomic mass is 35.5. The number of carbonyl (C=O) groups is 6. The fourth-order valence-electron chi connectivity index (χ4n) is 1.79. The van der Waals surface area contributed by atoms with E-state index in [1.165, 1.54) is 0 Å². The van der Waals surface area contributed by atoms with Gasteiger partial charge in [0.25, 0.3) is 0 Å². The molecule has 0 bridgehead atoms. The molecule has 0 rings (SSSR count). The Hall–Kier alpha value is -2.58. The number of carbonyl (C=O) groups excluding carboxylic acids is 3. The predicted octanol–water partition coefficient (Wildman–Crippen LogP) is -2.00. The van der Waals surface area contributed by atoms with Crippen LogP contribution < -0.4 is 21.7 Å². The van der Waals surface area contributed by atoms with Crippen molar-refractivity contribution in [2.75, 3.05) is 18.1 Å². The van der Waals surface area contributed by atoms with E-state index in [0.717, 1.165) is 11.8 Å². The van der Waals surface area contributed by atoms with Gasteiger partial charge in [0.05, 0.1) is 0 Å². The molecule has 0 saturated carbocycles. The molecule has 0 aliphatic carbocycles. The molecule has 0 saturated heterocycles. The first kappa shape index (κ1) is 26.4. The maximum absolute atomic E-state index is 12.1. The summed E-state index contributed by atoms with van der Waals surface area (Å²) < 4.78 is 0. The van der Waals surface area contributed by atoms with E-state index in [-0.39, 0.29) is 17.9 Å². The van der Waals surface area contributed by atoms with Crippen LogP contribution >= 0.6 is 23.4 Å². The number of carboxylic acids is 3. The van der Waals surface area contributed by atoms with Crippen molar-refractivity contribution < 1.29 is 44.1 Å². The number of rotatable bonds is 14. The quantitative estimate of drug-likeness (QED) is 0.112. The second-order valence-electron chi connectivity index (χ2n) is 5.56. The normalized spacial score (nSPS) is 13.4. The van der Waals surface area contributed by atoms with Crippen LogP contribution in [-0.4, -0.2) is 86.6 Å². The van der Waals surface area contributed by atoms with Crippen molar-refractivity contribution >= 4 is 58.5 Å². The SMILES string of the molecule is N[C@@H](CSC[C@@H](NC(=O)CC[C@@H](NC(=O)Cl)C(=O)O)C(=O)NCC(=O)O)C(=O)O. The zero-order chi connectivity index (χ0) is 22.6. The summed E-state index contributed by atoms with van der Waals surface area (Å²) in [5, 5.41) is 31.5. The van der Waals surface area contributed by atoms with Crippen molar-refractivity contribution in [3.63, 3.8) is 0 Å². The molecule has 8 N–H and O–H groups in total. The second-order valence-corrected chi connectivity index (χ2v) is 6.98. The third-order valence-electron chi connectivity index (χ3n) is 3.21. The molecule has 0 heterocycles. The van der Waals surface area contributed by atoms with Gasteiger partial charge in [-0.2, -0.15) is 11.8 Å². The van der Waals surface area contributed by atoms with Crippen LogP contribution in [-0.2, 0) is 24.0 Å². The van der Waals surface area contributed by atoms with E-state index >= 15 is 0 Å². The van der Waals surface area contributed by atoms with Crippen LogP contribution in [0.15, 0.2) is 0 Å². The summed E-state index contributed by atoms with van der Waals surface area (Å²) in [6.07, 6.45) is -0.712. The minimum atomic E-state index is -1.42. The van der Waals surface area contributed by atoms with Gasteiger partial charge in [-0.05, 0) is 18.0 Å². The molecule has 15 heteroatoms. The van der Waals surface area contributed by atoms with E-state index in [1.807, 2.05) is 5.32 Å². The Balaban J connectivity index is 4.84. The monoisotopic (exact) mass is 456 g/mol. The number of halogens is 1. The van der Waals surface area contributed by atoms with Gasteiger partial charge in [0.1, 0.15) is 24.7 Å². The van der Waals surface area contributed by atoms with Crippen LogP contribution in [0.5, 0.6) is 0 Å². The van der Waals surface area contributed by atoms with Crippen LogP contribution in [0.1, 0.15) is 12.8 Å². The summed E-state index contributed by atoms with van der Waals surface area (Å²) in [5.41, 5.74) is 5.34. The molecule has 0 unspecified atom stereocenters. The molecule has 0 aromatic rings. The Bertz CT molecular complexity index is 649. The van der Waals surface area contributed by atoms with Gasteiger partial charge in [-0.3, -0.25) is 24.0 Å². The van der Waals surface area contributed by atoms with Gasteiger partial charge in [-0.25, -0.2) is 4.79 Å². The Labute approximate surface area is 173 Å². The number of nitrogens with one attached hydrogen (secondary N) is 3. The number of amides is 3. The lowest BCUT2D eigenvalue weighted by molar-refractivity contribution is -0.140. The summed E-state index contributed by atoms with van der Waals surface area (Å²) in [4.78, 5) is 67.1. The molecular formula is C14H21ClN4O9S. The zero-order valence-electron chi connectivity index (χ0n) is 14.9. The molecule has 13 nitrogen and oxygen atoms in total. The van der Waals surface area contributed by atoms with Crippen molar-refractivity contribution in [2.24, 2.45) is 5.73 Å². The standard InChI is InChI=1S/C14H21ClN4O9S/c15-14(28)19-7(13(26)27)1-2-9(20)18-8(11(23)17-3-10(21)22)5-29-4-6(16)12(24)25/h6-8H,1-5,16H2,(H,17,23)(H,18,20)(H,19,28)(H,21,22)(H,24,25)(H,26,27)/t6-,7+,8+/m0/s1. The van der Waals surface area contributed by atoms with Crippen LogP contribution in [0, 0.1) is 0 Å². The molecule has 0 aliphatic heterocycles. The number of hydrogen-bond acceptors (Lipinski definition) is 8. The number of hydrogen-bond donors (Lipinski definition) is 7. The molecule has 3 atom stereocenters. The Morgan fingerprint density at radius 3 is 2.03 bits per heavy atom. The number of carboxylic acid groups (broad SMARTS) is 3. The Kier molecular flexibility index (Phi) is 12.4. The van der Waals surface area contributed by atoms with Crippen molar-refractivity contribution in [1.82, 2.24) is 16.0 Å². The van der Waals surface area contributed by atoms with Crippen LogP contribution in [0.25, 0.3) is 0 Å². The Morgan fingerprint density at radius 1 is 0.931 bits per heavy atom. The topological polar surface area (TPSA) is 225 Å². The molecule has 0 aromatic heterocycles. The second kappa shape index (κ2) is 13.6.